The van der Waals surface area contributed by atoms with Crippen molar-refractivity contribution >= 4 is 6.29 Å². The van der Waals surface area contributed by atoms with Crippen LogP contribution < -0.4 is 5.32 Å². The number of aldehydes is 1. The van der Waals surface area contributed by atoms with E-state index in [1.54, 1.807) is 6.07 Å². The Hall–Kier alpha value is -1.26. The van der Waals surface area contributed by atoms with Crippen LogP contribution in [0.15, 0.2) is 18.2 Å². The van der Waals surface area contributed by atoms with Gasteiger partial charge in [0.1, 0.15) is 12.1 Å². The number of piperazine rings is 1. The Morgan fingerprint density at radius 2 is 2.12 bits per heavy atom. The first kappa shape index (κ1) is 11.2. The molecule has 2 rings (SSSR count). The van der Waals surface area contributed by atoms with Crippen molar-refractivity contribution in [2.75, 3.05) is 26.2 Å². The van der Waals surface area contributed by atoms with Gasteiger partial charge in [-0.05, 0) is 17.7 Å². The largest absolute Gasteiger partial charge is 0.314 e. The van der Waals surface area contributed by atoms with Gasteiger partial charge in [-0.15, -0.1) is 0 Å². The minimum atomic E-state index is -0.355. The van der Waals surface area contributed by atoms with Crippen molar-refractivity contribution in [3.63, 3.8) is 0 Å². The number of nitrogens with zero attached hydrogens (tertiary/aromatic N) is 1. The second-order valence-corrected chi connectivity index (χ2v) is 3.99. The van der Waals surface area contributed by atoms with Crippen LogP contribution in [0.5, 0.6) is 0 Å². The molecule has 0 aromatic heterocycles. The summed E-state index contributed by atoms with van der Waals surface area (Å²) in [5, 5.41) is 3.27. The zero-order valence-electron chi connectivity index (χ0n) is 9.08. The summed E-state index contributed by atoms with van der Waals surface area (Å²) >= 11 is 0. The third-order valence-corrected chi connectivity index (χ3v) is 2.84. The van der Waals surface area contributed by atoms with Gasteiger partial charge in [-0.2, -0.15) is 0 Å². The molecule has 0 unspecified atom stereocenters. The second-order valence-electron chi connectivity index (χ2n) is 3.99. The molecule has 1 saturated heterocycles. The normalized spacial score (nSPS) is 17.3. The van der Waals surface area contributed by atoms with Gasteiger partial charge in [0, 0.05) is 38.3 Å². The second kappa shape index (κ2) is 5.18. The van der Waals surface area contributed by atoms with Crippen molar-refractivity contribution in [3.05, 3.63) is 35.1 Å². The molecule has 4 heteroatoms. The summed E-state index contributed by atoms with van der Waals surface area (Å²) in [6, 6.07) is 4.40. The predicted octanol–water partition coefficient (Wildman–Crippen LogP) is 1.04. The summed E-state index contributed by atoms with van der Waals surface area (Å²) < 4.78 is 12.9. The van der Waals surface area contributed by atoms with Crippen LogP contribution in [-0.2, 0) is 6.54 Å². The Morgan fingerprint density at radius 3 is 2.81 bits per heavy atom. The number of benzene rings is 1. The molecule has 1 aromatic rings. The number of carbonyl (C=O) groups is 1. The van der Waals surface area contributed by atoms with Crippen LogP contribution in [0, 0.1) is 5.82 Å². The zero-order valence-corrected chi connectivity index (χ0v) is 9.08. The van der Waals surface area contributed by atoms with Gasteiger partial charge in [0.2, 0.25) is 0 Å². The Bertz CT molecular complexity index is 375. The third kappa shape index (κ3) is 2.65. The molecule has 0 bridgehead atoms. The minimum absolute atomic E-state index is 0.355. The van der Waals surface area contributed by atoms with E-state index in [4.69, 9.17) is 0 Å². The molecule has 0 aliphatic carbocycles. The van der Waals surface area contributed by atoms with E-state index in [0.29, 0.717) is 5.56 Å². The topological polar surface area (TPSA) is 32.3 Å². The Morgan fingerprint density at radius 1 is 1.38 bits per heavy atom. The highest BCUT2D eigenvalue weighted by molar-refractivity contribution is 5.77. The number of nitrogens with one attached hydrogen (secondary N) is 1. The lowest BCUT2D eigenvalue weighted by Crippen LogP contribution is -2.43. The molecule has 0 atom stereocenters. The Labute approximate surface area is 94.3 Å². The fourth-order valence-electron chi connectivity index (χ4n) is 1.93. The zero-order chi connectivity index (χ0) is 11.4. The van der Waals surface area contributed by atoms with Gasteiger partial charge in [-0.3, -0.25) is 9.69 Å². The van der Waals surface area contributed by atoms with E-state index < -0.39 is 0 Å². The molecular weight excluding hydrogens is 207 g/mol. The summed E-state index contributed by atoms with van der Waals surface area (Å²) in [5.41, 5.74) is 1.36. The molecule has 1 aliphatic heterocycles. The predicted molar refractivity (Wildman–Crippen MR) is 59.9 cm³/mol. The molecule has 0 saturated carbocycles. The van der Waals surface area contributed by atoms with Crippen molar-refractivity contribution in [2.24, 2.45) is 0 Å². The maximum absolute atomic E-state index is 12.9. The lowest BCUT2D eigenvalue weighted by molar-refractivity contribution is 0.112. The SMILES string of the molecule is O=Cc1cc(F)ccc1CN1CCNCC1. The van der Waals surface area contributed by atoms with E-state index in [1.807, 2.05) is 0 Å². The molecular formula is C12H15FN2O. The number of hydrogen-bond acceptors (Lipinski definition) is 3. The molecule has 0 spiro atoms. The molecule has 1 aliphatic rings. The number of hydrogen-bond donors (Lipinski definition) is 1. The average Bonchev–Trinajstić information content (AvgIpc) is 2.33. The summed E-state index contributed by atoms with van der Waals surface area (Å²) in [5.74, 6) is -0.355. The fraction of sp³-hybridized carbons (Fsp3) is 0.417. The molecule has 0 amide bonds. The standard InChI is InChI=1S/C12H15FN2O/c13-12-2-1-10(11(7-12)9-16)8-15-5-3-14-4-6-15/h1-2,7,9,14H,3-6,8H2. The van der Waals surface area contributed by atoms with Gasteiger partial charge < -0.3 is 5.32 Å². The summed E-state index contributed by atoms with van der Waals surface area (Å²) in [4.78, 5) is 13.1. The van der Waals surface area contributed by atoms with Crippen LogP contribution in [0.3, 0.4) is 0 Å². The molecule has 86 valence electrons. The van der Waals surface area contributed by atoms with Gasteiger partial charge in [0.15, 0.2) is 0 Å². The average molecular weight is 222 g/mol. The van der Waals surface area contributed by atoms with E-state index in [9.17, 15) is 9.18 Å². The summed E-state index contributed by atoms with van der Waals surface area (Å²) in [6.07, 6.45) is 0.723. The molecule has 16 heavy (non-hydrogen) atoms. The highest BCUT2D eigenvalue weighted by Gasteiger charge is 2.12. The molecule has 3 nitrogen and oxygen atoms in total. The van der Waals surface area contributed by atoms with Crippen LogP contribution >= 0.6 is 0 Å². The maximum atomic E-state index is 12.9. The fourth-order valence-corrected chi connectivity index (χ4v) is 1.93. The quantitative estimate of drug-likeness (QED) is 0.776. The first-order valence-corrected chi connectivity index (χ1v) is 5.46. The van der Waals surface area contributed by atoms with Crippen LogP contribution in [0.1, 0.15) is 15.9 Å². The first-order valence-electron chi connectivity index (χ1n) is 5.46. The highest BCUT2D eigenvalue weighted by Crippen LogP contribution is 2.12. The van der Waals surface area contributed by atoms with Crippen molar-refractivity contribution in [1.82, 2.24) is 10.2 Å². The van der Waals surface area contributed by atoms with E-state index in [1.165, 1.54) is 12.1 Å². The molecule has 1 N–H and O–H groups in total. The van der Waals surface area contributed by atoms with E-state index in [-0.39, 0.29) is 5.82 Å². The van der Waals surface area contributed by atoms with Crippen LogP contribution in [0.25, 0.3) is 0 Å². The first-order chi connectivity index (χ1) is 7.79. The third-order valence-electron chi connectivity index (χ3n) is 2.84. The van der Waals surface area contributed by atoms with Gasteiger partial charge in [0.25, 0.3) is 0 Å². The van der Waals surface area contributed by atoms with Gasteiger partial charge in [-0.25, -0.2) is 4.39 Å². The van der Waals surface area contributed by atoms with Crippen molar-refractivity contribution in [2.45, 2.75) is 6.54 Å². The van der Waals surface area contributed by atoms with Crippen molar-refractivity contribution in [1.29, 1.82) is 0 Å². The molecule has 1 aromatic carbocycles. The van der Waals surface area contributed by atoms with Crippen molar-refractivity contribution in [3.8, 4) is 0 Å². The smallest absolute Gasteiger partial charge is 0.150 e. The van der Waals surface area contributed by atoms with E-state index in [0.717, 1.165) is 44.6 Å². The van der Waals surface area contributed by atoms with Gasteiger partial charge in [-0.1, -0.05) is 6.07 Å². The van der Waals surface area contributed by atoms with E-state index in [2.05, 4.69) is 10.2 Å². The van der Waals surface area contributed by atoms with Crippen LogP contribution in [-0.4, -0.2) is 37.4 Å². The summed E-state index contributed by atoms with van der Waals surface area (Å²) in [7, 11) is 0. The maximum Gasteiger partial charge on any atom is 0.150 e. The number of rotatable bonds is 3. The highest BCUT2D eigenvalue weighted by atomic mass is 19.1. The number of carbonyl (C=O) groups excluding carboxylic acids is 1. The van der Waals surface area contributed by atoms with Gasteiger partial charge in [0.05, 0.1) is 0 Å². The molecule has 1 heterocycles. The Kier molecular flexibility index (Phi) is 3.64. The van der Waals surface area contributed by atoms with E-state index >= 15 is 0 Å². The monoisotopic (exact) mass is 222 g/mol. The molecule has 1 fully saturated rings. The van der Waals surface area contributed by atoms with Gasteiger partial charge >= 0.3 is 0 Å². The minimum Gasteiger partial charge on any atom is -0.314 e. The lowest BCUT2D eigenvalue weighted by atomic mass is 10.1. The molecule has 0 radical (unpaired) electrons. The Balaban J connectivity index is 2.10. The lowest BCUT2D eigenvalue weighted by Gasteiger charge is -2.27. The van der Waals surface area contributed by atoms with Crippen LogP contribution in [0.4, 0.5) is 4.39 Å². The van der Waals surface area contributed by atoms with Crippen LogP contribution in [0.2, 0.25) is 0 Å². The summed E-state index contributed by atoms with van der Waals surface area (Å²) in [6.45, 7) is 4.59. The van der Waals surface area contributed by atoms with Crippen molar-refractivity contribution < 1.29 is 9.18 Å². The number of halogens is 1.